The number of hydrogen-bond acceptors (Lipinski definition) is 3. The van der Waals surface area contributed by atoms with E-state index in [2.05, 4.69) is 13.8 Å². The number of aliphatic hydroxyl groups excluding tert-OH is 1. The number of ether oxygens (including phenoxy) is 2. The largest absolute Gasteiger partial charge is 0.497 e. The molecule has 0 bridgehead atoms. The molecule has 1 rings (SSSR count). The first-order valence-corrected chi connectivity index (χ1v) is 6.61. The summed E-state index contributed by atoms with van der Waals surface area (Å²) in [5.74, 6) is 1.39. The summed E-state index contributed by atoms with van der Waals surface area (Å²) >= 11 is 0. The molecule has 3 nitrogen and oxygen atoms in total. The SMILES string of the molecule is CCC(CC)COCC(O)c1ccc(OC)cc1. The van der Waals surface area contributed by atoms with Crippen molar-refractivity contribution in [1.82, 2.24) is 0 Å². The first-order valence-electron chi connectivity index (χ1n) is 6.61. The number of rotatable bonds is 8. The summed E-state index contributed by atoms with van der Waals surface area (Å²) in [7, 11) is 1.63. The van der Waals surface area contributed by atoms with Crippen LogP contribution in [0.3, 0.4) is 0 Å². The van der Waals surface area contributed by atoms with Crippen LogP contribution in [-0.4, -0.2) is 25.4 Å². The zero-order valence-corrected chi connectivity index (χ0v) is 11.6. The molecule has 0 aliphatic heterocycles. The van der Waals surface area contributed by atoms with Crippen molar-refractivity contribution in [3.05, 3.63) is 29.8 Å². The van der Waals surface area contributed by atoms with Gasteiger partial charge in [-0.25, -0.2) is 0 Å². The number of benzene rings is 1. The van der Waals surface area contributed by atoms with Crippen molar-refractivity contribution in [3.63, 3.8) is 0 Å². The summed E-state index contributed by atoms with van der Waals surface area (Å²) in [6, 6.07) is 7.42. The number of hydrogen-bond donors (Lipinski definition) is 1. The Morgan fingerprint density at radius 1 is 1.06 bits per heavy atom. The topological polar surface area (TPSA) is 38.7 Å². The molecule has 0 spiro atoms. The van der Waals surface area contributed by atoms with Gasteiger partial charge in [-0.1, -0.05) is 38.8 Å². The highest BCUT2D eigenvalue weighted by molar-refractivity contribution is 5.28. The highest BCUT2D eigenvalue weighted by Crippen LogP contribution is 2.18. The van der Waals surface area contributed by atoms with Crippen LogP contribution in [0.25, 0.3) is 0 Å². The van der Waals surface area contributed by atoms with Crippen molar-refractivity contribution >= 4 is 0 Å². The first-order chi connectivity index (χ1) is 8.71. The Bertz CT molecular complexity index is 317. The maximum absolute atomic E-state index is 9.98. The molecule has 102 valence electrons. The highest BCUT2D eigenvalue weighted by Gasteiger charge is 2.09. The third kappa shape index (κ3) is 4.67. The lowest BCUT2D eigenvalue weighted by molar-refractivity contribution is 0.0191. The molecular weight excluding hydrogens is 228 g/mol. The average Bonchev–Trinajstić information content (AvgIpc) is 2.43. The minimum absolute atomic E-state index is 0.350. The molecule has 0 aromatic heterocycles. The minimum atomic E-state index is -0.565. The Morgan fingerprint density at radius 3 is 2.17 bits per heavy atom. The van der Waals surface area contributed by atoms with E-state index in [4.69, 9.17) is 9.47 Å². The van der Waals surface area contributed by atoms with Gasteiger partial charge in [0, 0.05) is 6.61 Å². The van der Waals surface area contributed by atoms with Crippen molar-refractivity contribution in [2.75, 3.05) is 20.3 Å². The molecule has 0 aliphatic rings. The lowest BCUT2D eigenvalue weighted by Gasteiger charge is -2.16. The van der Waals surface area contributed by atoms with E-state index in [1.165, 1.54) is 0 Å². The zero-order valence-electron chi connectivity index (χ0n) is 11.6. The maximum atomic E-state index is 9.98. The van der Waals surface area contributed by atoms with E-state index in [0.29, 0.717) is 12.5 Å². The quantitative estimate of drug-likeness (QED) is 0.772. The maximum Gasteiger partial charge on any atom is 0.118 e. The summed E-state index contributed by atoms with van der Waals surface area (Å²) in [6.45, 7) is 5.40. The van der Waals surface area contributed by atoms with E-state index in [1.54, 1.807) is 7.11 Å². The summed E-state index contributed by atoms with van der Waals surface area (Å²) in [6.07, 6.45) is 1.68. The van der Waals surface area contributed by atoms with Crippen LogP contribution in [0.4, 0.5) is 0 Å². The van der Waals surface area contributed by atoms with Crippen molar-refractivity contribution in [2.45, 2.75) is 32.8 Å². The highest BCUT2D eigenvalue weighted by atomic mass is 16.5. The molecule has 0 radical (unpaired) electrons. The molecule has 1 unspecified atom stereocenters. The standard InChI is InChI=1S/C15H24O3/c1-4-12(5-2)10-18-11-15(16)13-6-8-14(17-3)9-7-13/h6-9,12,15-16H,4-5,10-11H2,1-3H3. The van der Waals surface area contributed by atoms with Crippen LogP contribution < -0.4 is 4.74 Å². The summed E-state index contributed by atoms with van der Waals surface area (Å²) in [5.41, 5.74) is 0.861. The Balaban J connectivity index is 2.37. The Morgan fingerprint density at radius 2 is 1.67 bits per heavy atom. The van der Waals surface area contributed by atoms with Gasteiger partial charge in [-0.2, -0.15) is 0 Å². The Hall–Kier alpha value is -1.06. The molecule has 1 aromatic carbocycles. The molecule has 3 heteroatoms. The third-order valence-corrected chi connectivity index (χ3v) is 3.28. The van der Waals surface area contributed by atoms with Crippen LogP contribution in [0.15, 0.2) is 24.3 Å². The lowest BCUT2D eigenvalue weighted by atomic mass is 10.1. The van der Waals surface area contributed by atoms with Gasteiger partial charge < -0.3 is 14.6 Å². The summed E-state index contributed by atoms with van der Waals surface area (Å²) in [5, 5.41) is 9.98. The van der Waals surface area contributed by atoms with Crippen LogP contribution in [0.2, 0.25) is 0 Å². The smallest absolute Gasteiger partial charge is 0.118 e. The second-order valence-corrected chi connectivity index (χ2v) is 4.51. The van der Waals surface area contributed by atoms with Crippen LogP contribution in [-0.2, 0) is 4.74 Å². The summed E-state index contributed by atoms with van der Waals surface area (Å²) < 4.78 is 10.6. The predicted molar refractivity (Wildman–Crippen MR) is 72.8 cm³/mol. The molecular formula is C15H24O3. The van der Waals surface area contributed by atoms with Gasteiger partial charge in [0.25, 0.3) is 0 Å². The first kappa shape index (κ1) is 15.0. The van der Waals surface area contributed by atoms with E-state index >= 15 is 0 Å². The van der Waals surface area contributed by atoms with Gasteiger partial charge in [0.2, 0.25) is 0 Å². The minimum Gasteiger partial charge on any atom is -0.497 e. The normalized spacial score (nSPS) is 12.7. The van der Waals surface area contributed by atoms with Crippen molar-refractivity contribution in [2.24, 2.45) is 5.92 Å². The molecule has 0 saturated carbocycles. The fraction of sp³-hybridized carbons (Fsp3) is 0.600. The Labute approximate surface area is 110 Å². The van der Waals surface area contributed by atoms with Gasteiger partial charge in [-0.05, 0) is 23.6 Å². The van der Waals surface area contributed by atoms with Crippen LogP contribution in [0.1, 0.15) is 38.4 Å². The molecule has 0 amide bonds. The van der Waals surface area contributed by atoms with Crippen LogP contribution >= 0.6 is 0 Å². The molecule has 1 N–H and O–H groups in total. The summed E-state index contributed by atoms with van der Waals surface area (Å²) in [4.78, 5) is 0. The van der Waals surface area contributed by atoms with Gasteiger partial charge in [0.05, 0.1) is 13.7 Å². The molecule has 0 heterocycles. The van der Waals surface area contributed by atoms with Gasteiger partial charge in [-0.3, -0.25) is 0 Å². The number of aliphatic hydroxyl groups is 1. The predicted octanol–water partition coefficient (Wildman–Crippen LogP) is 3.18. The molecule has 1 atom stereocenters. The van der Waals surface area contributed by atoms with Gasteiger partial charge in [-0.15, -0.1) is 0 Å². The van der Waals surface area contributed by atoms with Crippen molar-refractivity contribution in [1.29, 1.82) is 0 Å². The third-order valence-electron chi connectivity index (χ3n) is 3.28. The molecule has 0 saturated heterocycles. The monoisotopic (exact) mass is 252 g/mol. The van der Waals surface area contributed by atoms with Crippen molar-refractivity contribution in [3.8, 4) is 5.75 Å². The van der Waals surface area contributed by atoms with Crippen molar-refractivity contribution < 1.29 is 14.6 Å². The van der Waals surface area contributed by atoms with Gasteiger partial charge >= 0.3 is 0 Å². The van der Waals surface area contributed by atoms with E-state index in [9.17, 15) is 5.11 Å². The molecule has 0 aliphatic carbocycles. The van der Waals surface area contributed by atoms with E-state index in [-0.39, 0.29) is 0 Å². The number of methoxy groups -OCH3 is 1. The van der Waals surface area contributed by atoms with Crippen LogP contribution in [0.5, 0.6) is 5.75 Å². The second-order valence-electron chi connectivity index (χ2n) is 4.51. The fourth-order valence-electron chi connectivity index (χ4n) is 1.79. The average molecular weight is 252 g/mol. The Kier molecular flexibility index (Phi) is 6.76. The van der Waals surface area contributed by atoms with E-state index < -0.39 is 6.10 Å². The molecule has 0 fully saturated rings. The zero-order chi connectivity index (χ0) is 13.4. The second kappa shape index (κ2) is 8.11. The molecule has 18 heavy (non-hydrogen) atoms. The van der Waals surface area contributed by atoms with Crippen LogP contribution in [0, 0.1) is 5.92 Å². The van der Waals surface area contributed by atoms with Gasteiger partial charge in [0.1, 0.15) is 11.9 Å². The van der Waals surface area contributed by atoms with Gasteiger partial charge in [0.15, 0.2) is 0 Å². The van der Waals surface area contributed by atoms with E-state index in [1.807, 2.05) is 24.3 Å². The van der Waals surface area contributed by atoms with E-state index in [0.717, 1.165) is 30.8 Å². The fourth-order valence-corrected chi connectivity index (χ4v) is 1.79. The lowest BCUT2D eigenvalue weighted by Crippen LogP contribution is -2.13. The molecule has 1 aromatic rings.